The second-order valence-electron chi connectivity index (χ2n) is 13.2. The average Bonchev–Trinajstić information content (AvgIpc) is 3.12. The molecule has 0 radical (unpaired) electrons. The van der Waals surface area contributed by atoms with Crippen molar-refractivity contribution in [2.45, 2.75) is 78.1 Å². The molecule has 0 aliphatic rings. The molecule has 2 aromatic carbocycles. The highest BCUT2D eigenvalue weighted by molar-refractivity contribution is 6.60. The molecule has 0 aliphatic carbocycles. The number of Topliss-reactive ketones (excluding diaryl/α,β-unsaturated/α-hetero) is 2. The first-order valence-corrected chi connectivity index (χ1v) is 19.8. The van der Waals surface area contributed by atoms with Gasteiger partial charge in [0.25, 0.3) is 0 Å². The number of methoxy groups -OCH3 is 1. The molecule has 2 rings (SSSR count). The van der Waals surface area contributed by atoms with Crippen LogP contribution >= 0.6 is 0 Å². The van der Waals surface area contributed by atoms with Crippen LogP contribution in [0.5, 0.6) is 11.5 Å². The number of esters is 2. The smallest absolute Gasteiger partial charge is 0.491 e. The fraction of sp³-hybridized carbons (Fsp3) is 0.579. The van der Waals surface area contributed by atoms with Crippen LogP contribution < -0.4 is 9.47 Å². The number of rotatable bonds is 27. The number of carbonyl (C=O) groups excluding carboxylic acids is 4. The van der Waals surface area contributed by atoms with Crippen molar-refractivity contribution in [2.24, 2.45) is 0 Å². The Balaban J connectivity index is 1.87. The van der Waals surface area contributed by atoms with Crippen molar-refractivity contribution in [1.29, 1.82) is 0 Å². The molecule has 0 saturated carbocycles. The van der Waals surface area contributed by atoms with Gasteiger partial charge in [-0.3, -0.25) is 19.2 Å². The van der Waals surface area contributed by atoms with Crippen molar-refractivity contribution in [1.82, 2.24) is 4.90 Å². The van der Waals surface area contributed by atoms with Crippen molar-refractivity contribution in [2.75, 3.05) is 66.4 Å². The molecule has 2 N–H and O–H groups in total. The van der Waals surface area contributed by atoms with Gasteiger partial charge < -0.3 is 47.3 Å². The van der Waals surface area contributed by atoms with Crippen LogP contribution in [0.15, 0.2) is 48.5 Å². The summed E-state index contributed by atoms with van der Waals surface area (Å²) >= 11 is 0. The number of hydrogen-bond donors (Lipinski definition) is 2. The van der Waals surface area contributed by atoms with Gasteiger partial charge in [-0.1, -0.05) is 0 Å². The van der Waals surface area contributed by atoms with Gasteiger partial charge in [0.15, 0.2) is 11.6 Å². The van der Waals surface area contributed by atoms with Crippen LogP contribution in [-0.4, -0.2) is 125 Å². The Kier molecular flexibility index (Phi) is 19.3. The highest BCUT2D eigenvalue weighted by atomic mass is 28.4. The molecule has 14 nitrogen and oxygen atoms in total. The minimum absolute atomic E-state index is 0.0241. The summed E-state index contributed by atoms with van der Waals surface area (Å²) in [4.78, 5) is 50.9. The van der Waals surface area contributed by atoms with Gasteiger partial charge in [0.05, 0.1) is 26.6 Å². The number of benzene rings is 2. The summed E-state index contributed by atoms with van der Waals surface area (Å²) in [5, 5.41) is 19.9. The van der Waals surface area contributed by atoms with E-state index in [-0.39, 0.29) is 51.0 Å². The Morgan fingerprint density at radius 1 is 0.642 bits per heavy atom. The SMILES string of the molecule is CCO[Si](CCCN(CCC(=O)OC)CCC(=O)OCCOc1ccc(C(=O)C(C)(C)O)cc1)(OCC)OCCOc1ccc(C(=O)C(C)(C)O)cc1. The first-order valence-electron chi connectivity index (χ1n) is 17.9. The molecule has 0 heterocycles. The average molecular weight is 764 g/mol. The van der Waals surface area contributed by atoms with Crippen molar-refractivity contribution in [3.05, 3.63) is 59.7 Å². The fourth-order valence-corrected chi connectivity index (χ4v) is 7.64. The Labute approximate surface area is 314 Å². The molecule has 0 aliphatic heterocycles. The zero-order chi connectivity index (χ0) is 39.5. The predicted octanol–water partition coefficient (Wildman–Crippen LogP) is 4.27. The number of ketones is 2. The van der Waals surface area contributed by atoms with Gasteiger partial charge >= 0.3 is 20.7 Å². The first kappa shape index (κ1) is 45.5. The molecule has 0 unspecified atom stereocenters. The van der Waals surface area contributed by atoms with Crippen LogP contribution in [-0.2, 0) is 32.3 Å². The zero-order valence-corrected chi connectivity index (χ0v) is 33.1. The largest absolute Gasteiger partial charge is 0.501 e. The molecule has 2 aromatic rings. The van der Waals surface area contributed by atoms with Crippen LogP contribution in [0.3, 0.4) is 0 Å². The quantitative estimate of drug-likeness (QED) is 0.0571. The van der Waals surface area contributed by atoms with E-state index in [4.69, 9.17) is 32.2 Å². The van der Waals surface area contributed by atoms with Crippen LogP contribution in [0.25, 0.3) is 0 Å². The molecule has 0 saturated heterocycles. The van der Waals surface area contributed by atoms with Crippen LogP contribution in [0.4, 0.5) is 0 Å². The lowest BCUT2D eigenvalue weighted by molar-refractivity contribution is -0.144. The van der Waals surface area contributed by atoms with E-state index in [1.807, 2.05) is 18.7 Å². The van der Waals surface area contributed by atoms with E-state index in [9.17, 15) is 29.4 Å². The standard InChI is InChI=1S/C38H57NO13Si/c1-8-50-53(51-9-2,52-27-26-48-32-17-13-30(14-18-32)36(43)38(5,6)45)28-10-21-39(22-19-33(40)46-7)23-20-34(41)49-25-24-47-31-15-11-29(12-16-31)35(42)37(3,4)44/h11-18,44-45H,8-10,19-28H2,1-7H3. The van der Waals surface area contributed by atoms with Crippen LogP contribution in [0.2, 0.25) is 6.04 Å². The highest BCUT2D eigenvalue weighted by Crippen LogP contribution is 2.21. The minimum atomic E-state index is -3.11. The van der Waals surface area contributed by atoms with Gasteiger partial charge in [-0.15, -0.1) is 0 Å². The van der Waals surface area contributed by atoms with Crippen molar-refractivity contribution < 1.29 is 61.6 Å². The molecular weight excluding hydrogens is 706 g/mol. The summed E-state index contributed by atoms with van der Waals surface area (Å²) in [6, 6.07) is 13.4. The molecule has 0 amide bonds. The number of nitrogens with zero attached hydrogens (tertiary/aromatic N) is 1. The lowest BCUT2D eigenvalue weighted by Crippen LogP contribution is -2.47. The molecule has 0 fully saturated rings. The summed E-state index contributed by atoms with van der Waals surface area (Å²) in [5.74, 6) is -0.529. The van der Waals surface area contributed by atoms with E-state index in [1.54, 1.807) is 48.5 Å². The number of aliphatic hydroxyl groups is 2. The van der Waals surface area contributed by atoms with Gasteiger partial charge in [-0.2, -0.15) is 0 Å². The lowest BCUT2D eigenvalue weighted by atomic mass is 9.97. The van der Waals surface area contributed by atoms with Crippen molar-refractivity contribution >= 4 is 32.3 Å². The Hall–Kier alpha value is -3.70. The van der Waals surface area contributed by atoms with Crippen LogP contribution in [0, 0.1) is 0 Å². The van der Waals surface area contributed by atoms with Crippen molar-refractivity contribution in [3.8, 4) is 11.5 Å². The van der Waals surface area contributed by atoms with Gasteiger partial charge in [0.1, 0.15) is 42.5 Å². The van der Waals surface area contributed by atoms with Gasteiger partial charge in [-0.05, 0) is 103 Å². The first-order chi connectivity index (χ1) is 25.0. The Morgan fingerprint density at radius 2 is 1.09 bits per heavy atom. The molecule has 0 bridgehead atoms. The minimum Gasteiger partial charge on any atom is -0.491 e. The number of ether oxygens (including phenoxy) is 4. The van der Waals surface area contributed by atoms with Crippen LogP contribution in [0.1, 0.15) is 81.5 Å². The topological polar surface area (TPSA) is 177 Å². The molecule has 0 aromatic heterocycles. The number of hydrogen-bond acceptors (Lipinski definition) is 14. The Bertz CT molecular complexity index is 1410. The predicted molar refractivity (Wildman–Crippen MR) is 198 cm³/mol. The molecule has 296 valence electrons. The van der Waals surface area contributed by atoms with E-state index in [2.05, 4.69) is 0 Å². The molecule has 53 heavy (non-hydrogen) atoms. The summed E-state index contributed by atoms with van der Waals surface area (Å²) < 4.78 is 40.0. The summed E-state index contributed by atoms with van der Waals surface area (Å²) in [6.07, 6.45) is 0.850. The summed E-state index contributed by atoms with van der Waals surface area (Å²) in [7, 11) is -1.78. The van der Waals surface area contributed by atoms with E-state index < -0.39 is 31.8 Å². The molecule has 0 atom stereocenters. The zero-order valence-electron chi connectivity index (χ0n) is 32.1. The van der Waals surface area contributed by atoms with E-state index in [1.165, 1.54) is 34.8 Å². The third-order valence-electron chi connectivity index (χ3n) is 7.81. The monoisotopic (exact) mass is 763 g/mol. The maximum Gasteiger partial charge on any atom is 0.501 e. The third-order valence-corrected chi connectivity index (χ3v) is 10.9. The second-order valence-corrected chi connectivity index (χ2v) is 15.9. The van der Waals surface area contributed by atoms with Gasteiger partial charge in [0.2, 0.25) is 0 Å². The molecule has 0 spiro atoms. The maximum absolute atomic E-state index is 12.6. The van der Waals surface area contributed by atoms with Crippen molar-refractivity contribution in [3.63, 3.8) is 0 Å². The van der Waals surface area contributed by atoms with E-state index >= 15 is 0 Å². The Morgan fingerprint density at radius 3 is 1.53 bits per heavy atom. The van der Waals surface area contributed by atoms with Gasteiger partial charge in [0, 0.05) is 43.5 Å². The fourth-order valence-electron chi connectivity index (χ4n) is 5.09. The molecule has 15 heteroatoms. The maximum atomic E-state index is 12.6. The number of carbonyl (C=O) groups is 4. The van der Waals surface area contributed by atoms with E-state index in [0.717, 1.165) is 0 Å². The highest BCUT2D eigenvalue weighted by Gasteiger charge is 2.40. The molecular formula is C38H57NO13Si. The summed E-state index contributed by atoms with van der Waals surface area (Å²) in [6.45, 7) is 12.1. The lowest BCUT2D eigenvalue weighted by Gasteiger charge is -2.30. The van der Waals surface area contributed by atoms with E-state index in [0.29, 0.717) is 67.9 Å². The second kappa shape index (κ2) is 22.5. The normalized spacial score (nSPS) is 12.0. The van der Waals surface area contributed by atoms with Gasteiger partial charge in [-0.25, -0.2) is 0 Å². The summed E-state index contributed by atoms with van der Waals surface area (Å²) in [5.41, 5.74) is -2.20. The third kappa shape index (κ3) is 16.9.